The molecular formula is C30H54. The first-order valence-corrected chi connectivity index (χ1v) is 14.7. The molecule has 5 saturated carbocycles. The quantitative estimate of drug-likeness (QED) is 0.312. The van der Waals surface area contributed by atoms with Gasteiger partial charge in [0.2, 0.25) is 0 Å². The zero-order valence-corrected chi connectivity index (χ0v) is 20.9. The van der Waals surface area contributed by atoms with E-state index in [4.69, 9.17) is 0 Å². The summed E-state index contributed by atoms with van der Waals surface area (Å²) in [6, 6.07) is 0. The van der Waals surface area contributed by atoms with Gasteiger partial charge in [0.1, 0.15) is 0 Å². The maximum Gasteiger partial charge on any atom is -0.0269 e. The van der Waals surface area contributed by atoms with Gasteiger partial charge in [0.15, 0.2) is 0 Å². The molecule has 0 aliphatic heterocycles. The van der Waals surface area contributed by atoms with Crippen LogP contribution in [0.4, 0.5) is 0 Å². The number of fused-ring (bicyclic) bond motifs is 3. The molecule has 0 saturated heterocycles. The molecule has 5 aliphatic rings. The molecule has 0 atom stereocenters. The molecule has 5 aliphatic carbocycles. The third-order valence-corrected chi connectivity index (χ3v) is 11.2. The van der Waals surface area contributed by atoms with Gasteiger partial charge in [-0.3, -0.25) is 0 Å². The van der Waals surface area contributed by atoms with Crippen LogP contribution in [0.1, 0.15) is 155 Å². The Morgan fingerprint density at radius 2 is 0.800 bits per heavy atom. The van der Waals surface area contributed by atoms with Crippen LogP contribution in [0.25, 0.3) is 0 Å². The predicted molar refractivity (Wildman–Crippen MR) is 132 cm³/mol. The van der Waals surface area contributed by atoms with E-state index in [1.807, 2.05) is 0 Å². The lowest BCUT2D eigenvalue weighted by Gasteiger charge is -2.60. The number of unbranched alkanes of at least 4 members (excludes halogenated alkanes) is 4. The monoisotopic (exact) mass is 414 g/mol. The Balaban J connectivity index is 1.22. The SMILES string of the molecule is CCCCC[C@H]1CC[C@H](C23CCC([C@H]4CC[C@H](CCCCC)CC4)(CC2)CC3)CC1. The minimum absolute atomic E-state index is 0.799. The molecule has 0 heteroatoms. The van der Waals surface area contributed by atoms with Crippen LogP contribution in [0, 0.1) is 34.5 Å². The second-order valence-corrected chi connectivity index (χ2v) is 12.7. The van der Waals surface area contributed by atoms with Crippen LogP contribution in [0.2, 0.25) is 0 Å². The summed E-state index contributed by atoms with van der Waals surface area (Å²) in [4.78, 5) is 0. The van der Waals surface area contributed by atoms with Crippen molar-refractivity contribution < 1.29 is 0 Å². The largest absolute Gasteiger partial charge is 0.0654 e. The molecule has 0 aromatic carbocycles. The number of hydrogen-bond donors (Lipinski definition) is 0. The highest BCUT2D eigenvalue weighted by molar-refractivity contribution is 5.05. The van der Waals surface area contributed by atoms with Crippen molar-refractivity contribution in [1.29, 1.82) is 0 Å². The summed E-state index contributed by atoms with van der Waals surface area (Å²) in [6.45, 7) is 4.70. The molecule has 2 bridgehead atoms. The van der Waals surface area contributed by atoms with Gasteiger partial charge in [-0.1, -0.05) is 90.9 Å². The van der Waals surface area contributed by atoms with E-state index in [0.29, 0.717) is 0 Å². The Kier molecular flexibility index (Phi) is 8.30. The average molecular weight is 415 g/mol. The summed E-state index contributed by atoms with van der Waals surface area (Å²) in [5, 5.41) is 0. The molecule has 174 valence electrons. The van der Waals surface area contributed by atoms with E-state index in [2.05, 4.69) is 13.8 Å². The topological polar surface area (TPSA) is 0 Å². The molecule has 5 fully saturated rings. The summed E-state index contributed by atoms with van der Waals surface area (Å²) in [7, 11) is 0. The lowest BCUT2D eigenvalue weighted by Crippen LogP contribution is -2.49. The summed E-state index contributed by atoms with van der Waals surface area (Å²) >= 11 is 0. The summed E-state index contributed by atoms with van der Waals surface area (Å²) in [6.07, 6.45) is 34.2. The fourth-order valence-electron chi connectivity index (χ4n) is 8.96. The van der Waals surface area contributed by atoms with E-state index in [9.17, 15) is 0 Å². The normalized spacial score (nSPS) is 41.8. The summed E-state index contributed by atoms with van der Waals surface area (Å²) in [5.41, 5.74) is 1.60. The molecule has 30 heavy (non-hydrogen) atoms. The molecule has 5 rings (SSSR count). The predicted octanol–water partition coefficient (Wildman–Crippen LogP) is 10.1. The Morgan fingerprint density at radius 1 is 0.467 bits per heavy atom. The minimum Gasteiger partial charge on any atom is -0.0654 e. The molecule has 0 aromatic rings. The van der Waals surface area contributed by atoms with E-state index in [1.165, 1.54) is 51.4 Å². The maximum atomic E-state index is 2.35. The third-order valence-electron chi connectivity index (χ3n) is 11.2. The van der Waals surface area contributed by atoms with Crippen molar-refractivity contribution in [2.24, 2.45) is 34.5 Å². The summed E-state index contributed by atoms with van der Waals surface area (Å²) in [5.74, 6) is 4.38. The van der Waals surface area contributed by atoms with Crippen molar-refractivity contribution >= 4 is 0 Å². The Labute approximate surface area is 189 Å². The highest BCUT2D eigenvalue weighted by Crippen LogP contribution is 2.66. The van der Waals surface area contributed by atoms with Gasteiger partial charge >= 0.3 is 0 Å². The van der Waals surface area contributed by atoms with Gasteiger partial charge in [-0.15, -0.1) is 0 Å². The Morgan fingerprint density at radius 3 is 1.10 bits per heavy atom. The Hall–Kier alpha value is 0. The number of rotatable bonds is 10. The molecule has 0 N–H and O–H groups in total. The molecule has 0 amide bonds. The zero-order chi connectivity index (χ0) is 20.9. The van der Waals surface area contributed by atoms with Gasteiger partial charge in [-0.25, -0.2) is 0 Å². The van der Waals surface area contributed by atoms with Crippen molar-refractivity contribution in [3.63, 3.8) is 0 Å². The van der Waals surface area contributed by atoms with Gasteiger partial charge in [-0.05, 0) is 98.7 Å². The van der Waals surface area contributed by atoms with Crippen molar-refractivity contribution in [3.8, 4) is 0 Å². The fraction of sp³-hybridized carbons (Fsp3) is 1.00. The maximum absolute atomic E-state index is 2.35. The van der Waals surface area contributed by atoms with Crippen molar-refractivity contribution in [1.82, 2.24) is 0 Å². The molecule has 0 spiro atoms. The van der Waals surface area contributed by atoms with E-state index in [-0.39, 0.29) is 0 Å². The van der Waals surface area contributed by atoms with E-state index >= 15 is 0 Å². The standard InChI is InChI=1S/C30H54/c1-3-5-7-9-25-11-15-27(16-12-25)29-19-22-30(23-20-29,24-21-29)28-17-13-26(14-18-28)10-8-6-4-2/h25-28H,3-24H2,1-2H3/t25-,26-,27-,28-,29?,30?. The van der Waals surface area contributed by atoms with Crippen LogP contribution in [0.5, 0.6) is 0 Å². The first-order valence-electron chi connectivity index (χ1n) is 14.7. The smallest absolute Gasteiger partial charge is 0.0269 e. The first kappa shape index (κ1) is 23.2. The van der Waals surface area contributed by atoms with Gasteiger partial charge in [-0.2, -0.15) is 0 Å². The average Bonchev–Trinajstić information content (AvgIpc) is 2.81. The second-order valence-electron chi connectivity index (χ2n) is 12.7. The molecule has 0 radical (unpaired) electrons. The van der Waals surface area contributed by atoms with Crippen LogP contribution < -0.4 is 0 Å². The third kappa shape index (κ3) is 5.14. The van der Waals surface area contributed by atoms with Crippen LogP contribution in [0.3, 0.4) is 0 Å². The van der Waals surface area contributed by atoms with Gasteiger partial charge in [0, 0.05) is 0 Å². The van der Waals surface area contributed by atoms with Crippen LogP contribution >= 0.6 is 0 Å². The van der Waals surface area contributed by atoms with Gasteiger partial charge in [0.25, 0.3) is 0 Å². The van der Waals surface area contributed by atoms with Crippen LogP contribution in [0.15, 0.2) is 0 Å². The fourth-order valence-corrected chi connectivity index (χ4v) is 8.96. The van der Waals surface area contributed by atoms with E-state index in [1.54, 1.807) is 89.9 Å². The Bertz CT molecular complexity index is 418. The van der Waals surface area contributed by atoms with Gasteiger partial charge < -0.3 is 0 Å². The molecule has 0 aromatic heterocycles. The van der Waals surface area contributed by atoms with Crippen LogP contribution in [-0.4, -0.2) is 0 Å². The highest BCUT2D eigenvalue weighted by Gasteiger charge is 2.54. The van der Waals surface area contributed by atoms with Crippen LogP contribution in [-0.2, 0) is 0 Å². The van der Waals surface area contributed by atoms with Crippen molar-refractivity contribution in [2.75, 3.05) is 0 Å². The van der Waals surface area contributed by atoms with E-state index < -0.39 is 0 Å². The van der Waals surface area contributed by atoms with Crippen molar-refractivity contribution in [3.05, 3.63) is 0 Å². The van der Waals surface area contributed by atoms with Crippen molar-refractivity contribution in [2.45, 2.75) is 155 Å². The lowest BCUT2D eigenvalue weighted by molar-refractivity contribution is -0.0960. The lowest BCUT2D eigenvalue weighted by atomic mass is 9.45. The molecule has 0 heterocycles. The number of hydrogen-bond acceptors (Lipinski definition) is 0. The van der Waals surface area contributed by atoms with E-state index in [0.717, 1.165) is 34.5 Å². The molecule has 0 nitrogen and oxygen atoms in total. The first-order chi connectivity index (χ1) is 14.7. The minimum atomic E-state index is 0.799. The zero-order valence-electron chi connectivity index (χ0n) is 20.9. The molecule has 0 unspecified atom stereocenters. The highest BCUT2D eigenvalue weighted by atomic mass is 14.6. The molecular weight excluding hydrogens is 360 g/mol. The second kappa shape index (κ2) is 10.7. The summed E-state index contributed by atoms with van der Waals surface area (Å²) < 4.78 is 0. The van der Waals surface area contributed by atoms with Gasteiger partial charge in [0.05, 0.1) is 0 Å².